The highest BCUT2D eigenvalue weighted by Gasteiger charge is 2.46. The molecule has 49 heavy (non-hydrogen) atoms. The molecule has 0 spiro atoms. The molecule has 0 aliphatic carbocycles. The molecule has 0 bridgehead atoms. The maximum absolute atomic E-state index is 6.91. The lowest BCUT2D eigenvalue weighted by molar-refractivity contribution is -0.187. The predicted molar refractivity (Wildman–Crippen MR) is 218 cm³/mol. The van der Waals surface area contributed by atoms with Crippen molar-refractivity contribution in [1.82, 2.24) is 9.80 Å². The Bertz CT molecular complexity index is 762. The van der Waals surface area contributed by atoms with Gasteiger partial charge in [0.1, 0.15) is 12.2 Å². The van der Waals surface area contributed by atoms with Crippen LogP contribution in [0.25, 0.3) is 0 Å². The van der Waals surface area contributed by atoms with Crippen LogP contribution in [-0.2, 0) is 9.47 Å². The van der Waals surface area contributed by atoms with Gasteiger partial charge >= 0.3 is 0 Å². The van der Waals surface area contributed by atoms with Gasteiger partial charge in [-0.25, -0.2) is 0 Å². The summed E-state index contributed by atoms with van der Waals surface area (Å²) >= 11 is 0. The maximum atomic E-state index is 6.91. The molecule has 0 amide bonds. The van der Waals surface area contributed by atoms with Crippen LogP contribution in [0.3, 0.4) is 0 Å². The van der Waals surface area contributed by atoms with Gasteiger partial charge in [0.15, 0.2) is 5.79 Å². The topological polar surface area (TPSA) is 24.9 Å². The molecule has 0 aromatic heterocycles. The number of allylic oxidation sites excluding steroid dienone is 8. The van der Waals surface area contributed by atoms with E-state index in [0.29, 0.717) is 0 Å². The fourth-order valence-corrected chi connectivity index (χ4v) is 6.89. The minimum absolute atomic E-state index is 0.145. The summed E-state index contributed by atoms with van der Waals surface area (Å²) in [5.74, 6) is -0.397. The summed E-state index contributed by atoms with van der Waals surface area (Å²) in [4.78, 5) is 4.52. The quantitative estimate of drug-likeness (QED) is 0.0497. The normalized spacial score (nSPS) is 18.3. The first-order valence-electron chi connectivity index (χ1n) is 21.2. The van der Waals surface area contributed by atoms with E-state index in [9.17, 15) is 0 Å². The molecule has 2 atom stereocenters. The highest BCUT2D eigenvalue weighted by molar-refractivity contribution is 4.94. The molecule has 1 aliphatic heterocycles. The third-order valence-corrected chi connectivity index (χ3v) is 9.75. The zero-order chi connectivity index (χ0) is 35.7. The summed E-state index contributed by atoms with van der Waals surface area (Å²) in [6.07, 6.45) is 52.0. The third kappa shape index (κ3) is 27.2. The molecular weight excluding hydrogens is 601 g/mol. The standard InChI is InChI=1S/C45H84N2O2/c1-7-9-11-13-15-17-19-21-23-25-27-29-31-33-35-37-39-45(48-43(41-46(3)4)44(49-45)42-47(5)6)40-38-36-34-32-30-28-26-24-22-20-18-16-14-12-10-8-2/h15-18,21-24,43-44H,7-14,19-20,25-42H2,1-6H3/t43-,44-/m0/s1. The van der Waals surface area contributed by atoms with Gasteiger partial charge in [0, 0.05) is 25.9 Å². The van der Waals surface area contributed by atoms with Crippen molar-refractivity contribution in [3.05, 3.63) is 48.6 Å². The van der Waals surface area contributed by atoms with Crippen molar-refractivity contribution in [1.29, 1.82) is 0 Å². The summed E-state index contributed by atoms with van der Waals surface area (Å²) < 4.78 is 13.8. The molecule has 4 nitrogen and oxygen atoms in total. The molecule has 0 aromatic rings. The van der Waals surface area contributed by atoms with Crippen molar-refractivity contribution in [2.45, 2.75) is 199 Å². The van der Waals surface area contributed by atoms with Crippen LogP contribution in [0.5, 0.6) is 0 Å². The molecular formula is C45H84N2O2. The van der Waals surface area contributed by atoms with Crippen LogP contribution in [0.15, 0.2) is 48.6 Å². The number of ether oxygens (including phenoxy) is 2. The summed E-state index contributed by atoms with van der Waals surface area (Å²) in [6, 6.07) is 0. The SMILES string of the molecule is CCCCCC=CCC=CCCCCCCCCC1(CCCCCCCCC=CCC=CCCCCC)O[C@@H](CN(C)C)[C@H](CN(C)C)O1. The van der Waals surface area contributed by atoms with E-state index in [1.165, 1.54) is 141 Å². The molecule has 286 valence electrons. The Labute approximate surface area is 307 Å². The molecule has 1 fully saturated rings. The van der Waals surface area contributed by atoms with E-state index in [0.717, 1.165) is 38.8 Å². The zero-order valence-corrected chi connectivity index (χ0v) is 33.8. The van der Waals surface area contributed by atoms with E-state index < -0.39 is 5.79 Å². The Morgan fingerprint density at radius 1 is 0.408 bits per heavy atom. The van der Waals surface area contributed by atoms with Gasteiger partial charge in [-0.2, -0.15) is 0 Å². The molecule has 4 heteroatoms. The fourth-order valence-electron chi connectivity index (χ4n) is 6.89. The largest absolute Gasteiger partial charge is 0.343 e. The van der Waals surface area contributed by atoms with E-state index in [2.05, 4.69) is 100 Å². The minimum Gasteiger partial charge on any atom is -0.343 e. The van der Waals surface area contributed by atoms with Crippen LogP contribution < -0.4 is 0 Å². The van der Waals surface area contributed by atoms with Gasteiger partial charge in [0.2, 0.25) is 0 Å². The zero-order valence-electron chi connectivity index (χ0n) is 33.8. The van der Waals surface area contributed by atoms with Gasteiger partial charge in [-0.05, 0) is 105 Å². The molecule has 0 aromatic carbocycles. The van der Waals surface area contributed by atoms with Gasteiger partial charge in [-0.15, -0.1) is 0 Å². The second-order valence-electron chi connectivity index (χ2n) is 15.4. The lowest BCUT2D eigenvalue weighted by Gasteiger charge is -2.29. The van der Waals surface area contributed by atoms with Crippen LogP contribution in [-0.4, -0.2) is 69.1 Å². The summed E-state index contributed by atoms with van der Waals surface area (Å²) in [7, 11) is 8.61. The molecule has 0 unspecified atom stereocenters. The van der Waals surface area contributed by atoms with Crippen LogP contribution in [0.4, 0.5) is 0 Å². The van der Waals surface area contributed by atoms with Crippen molar-refractivity contribution in [3.63, 3.8) is 0 Å². The van der Waals surface area contributed by atoms with Crippen LogP contribution >= 0.6 is 0 Å². The lowest BCUT2D eigenvalue weighted by Crippen LogP contribution is -2.39. The number of hydrogen-bond donors (Lipinski definition) is 0. The first-order chi connectivity index (χ1) is 23.9. The van der Waals surface area contributed by atoms with E-state index in [4.69, 9.17) is 9.47 Å². The highest BCUT2D eigenvalue weighted by atomic mass is 16.8. The summed E-state index contributed by atoms with van der Waals surface area (Å²) in [5, 5.41) is 0. The molecule has 1 heterocycles. The highest BCUT2D eigenvalue weighted by Crippen LogP contribution is 2.38. The van der Waals surface area contributed by atoms with Crippen molar-refractivity contribution in [2.24, 2.45) is 0 Å². The van der Waals surface area contributed by atoms with Gasteiger partial charge in [-0.3, -0.25) is 0 Å². The molecule has 1 aliphatic rings. The average Bonchev–Trinajstić information content (AvgIpc) is 3.39. The van der Waals surface area contributed by atoms with Crippen molar-refractivity contribution in [3.8, 4) is 0 Å². The van der Waals surface area contributed by atoms with E-state index in [1.807, 2.05) is 0 Å². The first-order valence-corrected chi connectivity index (χ1v) is 21.2. The summed E-state index contributed by atoms with van der Waals surface area (Å²) in [6.45, 7) is 6.39. The average molecular weight is 685 g/mol. The predicted octanol–water partition coefficient (Wildman–Crippen LogP) is 13.0. The van der Waals surface area contributed by atoms with Gasteiger partial charge < -0.3 is 19.3 Å². The van der Waals surface area contributed by atoms with Gasteiger partial charge in [0.05, 0.1) is 0 Å². The van der Waals surface area contributed by atoms with Gasteiger partial charge in [0.25, 0.3) is 0 Å². The van der Waals surface area contributed by atoms with Crippen LogP contribution in [0.2, 0.25) is 0 Å². The van der Waals surface area contributed by atoms with E-state index in [-0.39, 0.29) is 12.2 Å². The number of hydrogen-bond acceptors (Lipinski definition) is 4. The van der Waals surface area contributed by atoms with E-state index in [1.54, 1.807) is 0 Å². The number of likely N-dealkylation sites (N-methyl/N-ethyl adjacent to an activating group) is 2. The number of rotatable bonds is 34. The van der Waals surface area contributed by atoms with Crippen LogP contribution in [0.1, 0.15) is 181 Å². The number of unbranched alkanes of at least 4 members (excludes halogenated alkanes) is 18. The smallest absolute Gasteiger partial charge is 0.169 e. The maximum Gasteiger partial charge on any atom is 0.169 e. The lowest BCUT2D eigenvalue weighted by atomic mass is 9.98. The molecule has 0 radical (unpaired) electrons. The Hall–Kier alpha value is -1.20. The Kier molecular flexibility index (Phi) is 30.6. The molecule has 1 rings (SSSR count). The van der Waals surface area contributed by atoms with E-state index >= 15 is 0 Å². The summed E-state index contributed by atoms with van der Waals surface area (Å²) in [5.41, 5.74) is 0. The van der Waals surface area contributed by atoms with Crippen LogP contribution in [0, 0.1) is 0 Å². The van der Waals surface area contributed by atoms with Crippen molar-refractivity contribution < 1.29 is 9.47 Å². The fraction of sp³-hybridized carbons (Fsp3) is 0.822. The Balaban J connectivity index is 2.34. The minimum atomic E-state index is -0.397. The molecule has 0 saturated carbocycles. The second kappa shape index (κ2) is 32.7. The second-order valence-corrected chi connectivity index (χ2v) is 15.4. The Morgan fingerprint density at radius 2 is 0.714 bits per heavy atom. The first kappa shape index (κ1) is 45.8. The monoisotopic (exact) mass is 685 g/mol. The van der Waals surface area contributed by atoms with Gasteiger partial charge in [-0.1, -0.05) is 140 Å². The molecule has 1 saturated heterocycles. The third-order valence-electron chi connectivity index (χ3n) is 9.75. The van der Waals surface area contributed by atoms with Crippen molar-refractivity contribution >= 4 is 0 Å². The Morgan fingerprint density at radius 3 is 1.04 bits per heavy atom. The number of nitrogens with zero attached hydrogens (tertiary/aromatic N) is 2. The van der Waals surface area contributed by atoms with Crippen molar-refractivity contribution in [2.75, 3.05) is 41.3 Å². The molecule has 0 N–H and O–H groups in total.